The maximum absolute atomic E-state index is 10.3. The fraction of sp³-hybridized carbons (Fsp3) is 0.357. The second kappa shape index (κ2) is 9.60. The summed E-state index contributed by atoms with van der Waals surface area (Å²) in [6.45, 7) is 3.63. The number of benzene rings is 1. The normalized spacial score (nSPS) is 8.88. The molecular weight excluding hydrogens is 216 g/mol. The lowest BCUT2D eigenvalue weighted by Gasteiger charge is -2.02. The highest BCUT2D eigenvalue weighted by Gasteiger charge is 1.96. The van der Waals surface area contributed by atoms with Crippen molar-refractivity contribution >= 4 is 6.29 Å². The Labute approximate surface area is 103 Å². The van der Waals surface area contributed by atoms with Gasteiger partial charge in [-0.05, 0) is 36.1 Å². The standard InChI is InChI=1S/C12H14O2.C2H6O/c1-10(9-13)3-4-11-5-7-12(14-2)8-6-11;1-3-2/h5-9H,1,3-4H2,2H3;1-2H3. The van der Waals surface area contributed by atoms with Gasteiger partial charge < -0.3 is 9.47 Å². The van der Waals surface area contributed by atoms with Crippen molar-refractivity contribution in [3.63, 3.8) is 0 Å². The Balaban J connectivity index is 0.000000770. The Morgan fingerprint density at radius 2 is 1.76 bits per heavy atom. The zero-order valence-corrected chi connectivity index (χ0v) is 10.7. The first kappa shape index (κ1) is 15.4. The summed E-state index contributed by atoms with van der Waals surface area (Å²) in [4.78, 5) is 10.3. The summed E-state index contributed by atoms with van der Waals surface area (Å²) in [6.07, 6.45) is 2.38. The molecule has 0 amide bonds. The van der Waals surface area contributed by atoms with E-state index in [1.165, 1.54) is 5.56 Å². The molecule has 94 valence electrons. The Kier molecular flexibility index (Phi) is 8.69. The maximum atomic E-state index is 10.3. The first-order valence-electron chi connectivity index (χ1n) is 5.34. The fourth-order valence-corrected chi connectivity index (χ4v) is 1.16. The molecule has 0 aliphatic rings. The minimum absolute atomic E-state index is 0.640. The molecule has 0 spiro atoms. The second-order valence-corrected chi connectivity index (χ2v) is 3.53. The smallest absolute Gasteiger partial charge is 0.145 e. The van der Waals surface area contributed by atoms with Crippen LogP contribution in [0.5, 0.6) is 5.75 Å². The van der Waals surface area contributed by atoms with Gasteiger partial charge in [0.2, 0.25) is 0 Å². The van der Waals surface area contributed by atoms with E-state index in [-0.39, 0.29) is 0 Å². The van der Waals surface area contributed by atoms with Crippen LogP contribution in [-0.2, 0) is 16.0 Å². The van der Waals surface area contributed by atoms with Crippen molar-refractivity contribution in [1.29, 1.82) is 0 Å². The number of aldehydes is 1. The molecule has 0 atom stereocenters. The van der Waals surface area contributed by atoms with Gasteiger partial charge in [-0.2, -0.15) is 0 Å². The molecule has 0 saturated heterocycles. The average Bonchev–Trinajstić information content (AvgIpc) is 2.37. The van der Waals surface area contributed by atoms with Crippen LogP contribution in [0.3, 0.4) is 0 Å². The number of methoxy groups -OCH3 is 2. The summed E-state index contributed by atoms with van der Waals surface area (Å²) >= 11 is 0. The van der Waals surface area contributed by atoms with Crippen LogP contribution >= 0.6 is 0 Å². The second-order valence-electron chi connectivity index (χ2n) is 3.53. The van der Waals surface area contributed by atoms with E-state index >= 15 is 0 Å². The molecule has 1 aromatic carbocycles. The van der Waals surface area contributed by atoms with Gasteiger partial charge in [-0.1, -0.05) is 18.7 Å². The van der Waals surface area contributed by atoms with Gasteiger partial charge in [0, 0.05) is 14.2 Å². The van der Waals surface area contributed by atoms with Gasteiger partial charge in [0.25, 0.3) is 0 Å². The average molecular weight is 236 g/mol. The number of aryl methyl sites for hydroxylation is 1. The third-order valence-corrected chi connectivity index (χ3v) is 2.06. The van der Waals surface area contributed by atoms with Crippen LogP contribution in [0.15, 0.2) is 36.4 Å². The third-order valence-electron chi connectivity index (χ3n) is 2.06. The van der Waals surface area contributed by atoms with Crippen molar-refractivity contribution in [3.05, 3.63) is 42.0 Å². The SMILES string of the molecule is C=C(C=O)CCc1ccc(OC)cc1.COC. The highest BCUT2D eigenvalue weighted by Crippen LogP contribution is 2.13. The molecule has 0 radical (unpaired) electrons. The highest BCUT2D eigenvalue weighted by molar-refractivity contribution is 5.71. The number of hydrogen-bond acceptors (Lipinski definition) is 3. The minimum atomic E-state index is 0.640. The number of ether oxygens (including phenoxy) is 2. The lowest BCUT2D eigenvalue weighted by Crippen LogP contribution is -1.89. The van der Waals surface area contributed by atoms with Gasteiger partial charge >= 0.3 is 0 Å². The Bertz CT molecular complexity index is 328. The lowest BCUT2D eigenvalue weighted by atomic mass is 10.1. The van der Waals surface area contributed by atoms with Crippen LogP contribution < -0.4 is 4.74 Å². The van der Waals surface area contributed by atoms with Crippen molar-refractivity contribution in [2.75, 3.05) is 21.3 Å². The molecule has 0 bridgehead atoms. The monoisotopic (exact) mass is 236 g/mol. The molecule has 0 aromatic heterocycles. The van der Waals surface area contributed by atoms with Gasteiger partial charge in [0.15, 0.2) is 0 Å². The lowest BCUT2D eigenvalue weighted by molar-refractivity contribution is -0.105. The van der Waals surface area contributed by atoms with Crippen molar-refractivity contribution in [2.45, 2.75) is 12.8 Å². The van der Waals surface area contributed by atoms with Gasteiger partial charge in [0.05, 0.1) is 7.11 Å². The van der Waals surface area contributed by atoms with Crippen LogP contribution in [0.25, 0.3) is 0 Å². The molecule has 0 N–H and O–H groups in total. The summed E-state index contributed by atoms with van der Waals surface area (Å²) < 4.78 is 9.29. The van der Waals surface area contributed by atoms with Gasteiger partial charge in [-0.25, -0.2) is 0 Å². The van der Waals surface area contributed by atoms with Crippen molar-refractivity contribution in [3.8, 4) is 5.75 Å². The van der Waals surface area contributed by atoms with E-state index in [2.05, 4.69) is 11.3 Å². The Morgan fingerprint density at radius 3 is 2.18 bits per heavy atom. The van der Waals surface area contributed by atoms with Crippen LogP contribution in [-0.4, -0.2) is 27.6 Å². The van der Waals surface area contributed by atoms with Crippen LogP contribution in [0.1, 0.15) is 12.0 Å². The van der Waals surface area contributed by atoms with E-state index in [1.54, 1.807) is 21.3 Å². The minimum Gasteiger partial charge on any atom is -0.497 e. The molecule has 0 fully saturated rings. The molecule has 3 nitrogen and oxygen atoms in total. The molecule has 0 heterocycles. The summed E-state index contributed by atoms with van der Waals surface area (Å²) in [6, 6.07) is 7.83. The van der Waals surface area contributed by atoms with Crippen LogP contribution in [0.2, 0.25) is 0 Å². The summed E-state index contributed by atoms with van der Waals surface area (Å²) in [5.41, 5.74) is 1.83. The van der Waals surface area contributed by atoms with E-state index in [0.29, 0.717) is 5.57 Å². The number of hydrogen-bond donors (Lipinski definition) is 0. The molecule has 1 aromatic rings. The summed E-state index contributed by atoms with van der Waals surface area (Å²) in [7, 11) is 4.89. The Hall–Kier alpha value is -1.61. The summed E-state index contributed by atoms with van der Waals surface area (Å²) in [5, 5.41) is 0. The predicted molar refractivity (Wildman–Crippen MR) is 69.5 cm³/mol. The number of carbonyl (C=O) groups is 1. The first-order chi connectivity index (χ1) is 8.17. The van der Waals surface area contributed by atoms with E-state index < -0.39 is 0 Å². The molecule has 0 aliphatic carbocycles. The highest BCUT2D eigenvalue weighted by atomic mass is 16.5. The zero-order valence-electron chi connectivity index (χ0n) is 10.7. The topological polar surface area (TPSA) is 35.5 Å². The molecule has 17 heavy (non-hydrogen) atoms. The van der Waals surface area contributed by atoms with Gasteiger partial charge in [-0.15, -0.1) is 0 Å². The fourth-order valence-electron chi connectivity index (χ4n) is 1.16. The van der Waals surface area contributed by atoms with Crippen LogP contribution in [0.4, 0.5) is 0 Å². The predicted octanol–water partition coefficient (Wildman–Crippen LogP) is 2.65. The number of carbonyl (C=O) groups excluding carboxylic acids is 1. The quantitative estimate of drug-likeness (QED) is 0.582. The first-order valence-corrected chi connectivity index (χ1v) is 5.34. The third kappa shape index (κ3) is 7.30. The summed E-state index contributed by atoms with van der Waals surface area (Å²) in [5.74, 6) is 0.850. The van der Waals surface area contributed by atoms with Crippen molar-refractivity contribution in [2.24, 2.45) is 0 Å². The number of allylic oxidation sites excluding steroid dienone is 1. The zero-order chi connectivity index (χ0) is 13.1. The van der Waals surface area contributed by atoms with E-state index in [1.807, 2.05) is 24.3 Å². The molecule has 0 saturated carbocycles. The largest absolute Gasteiger partial charge is 0.497 e. The van der Waals surface area contributed by atoms with E-state index in [4.69, 9.17) is 4.74 Å². The van der Waals surface area contributed by atoms with Crippen molar-refractivity contribution < 1.29 is 14.3 Å². The Morgan fingerprint density at radius 1 is 1.24 bits per heavy atom. The molecule has 0 aliphatic heterocycles. The maximum Gasteiger partial charge on any atom is 0.145 e. The van der Waals surface area contributed by atoms with Crippen LogP contribution in [0, 0.1) is 0 Å². The van der Waals surface area contributed by atoms with E-state index in [9.17, 15) is 4.79 Å². The van der Waals surface area contributed by atoms with Gasteiger partial charge in [-0.3, -0.25) is 4.79 Å². The molecule has 1 rings (SSSR count). The molecular formula is C14H20O3. The number of rotatable bonds is 5. The molecule has 3 heteroatoms. The van der Waals surface area contributed by atoms with Gasteiger partial charge in [0.1, 0.15) is 12.0 Å². The van der Waals surface area contributed by atoms with E-state index in [0.717, 1.165) is 24.9 Å². The van der Waals surface area contributed by atoms with Crippen molar-refractivity contribution in [1.82, 2.24) is 0 Å². The molecule has 0 unspecified atom stereocenters.